The number of nitrogens with zero attached hydrogens (tertiary/aromatic N) is 8. The van der Waals surface area contributed by atoms with E-state index in [-0.39, 0.29) is 46.8 Å². The Balaban J connectivity index is 1.16. The van der Waals surface area contributed by atoms with Crippen molar-refractivity contribution in [1.29, 1.82) is 5.41 Å². The number of carboxylic acid groups (broad SMARTS) is 2. The lowest BCUT2D eigenvalue weighted by Crippen LogP contribution is -2.63. The molecule has 0 bridgehead atoms. The first-order valence-corrected chi connectivity index (χ1v) is 17.9. The number of carbonyl (C=O) groups is 4. The van der Waals surface area contributed by atoms with Gasteiger partial charge in [-0.25, -0.2) is 24.3 Å². The van der Waals surface area contributed by atoms with Crippen LogP contribution in [0.4, 0.5) is 5.13 Å². The van der Waals surface area contributed by atoms with Gasteiger partial charge in [-0.1, -0.05) is 5.16 Å². The average molecular weight is 763 g/mol. The van der Waals surface area contributed by atoms with Gasteiger partial charge in [0.2, 0.25) is 17.4 Å². The Morgan fingerprint density at radius 2 is 2.06 bits per heavy atom. The molecule has 4 N–H and O–H groups in total. The fourth-order valence-corrected chi connectivity index (χ4v) is 7.54. The second-order valence-electron chi connectivity index (χ2n) is 12.9. The normalized spacial score (nSPS) is 17.6. The highest BCUT2D eigenvalue weighted by Gasteiger charge is 2.53. The first-order chi connectivity index (χ1) is 25.1. The van der Waals surface area contributed by atoms with E-state index in [1.54, 1.807) is 25.2 Å². The Labute approximate surface area is 309 Å². The molecule has 6 rings (SSSR count). The number of pyridine rings is 1. The third-order valence-electron chi connectivity index (χ3n) is 8.32. The van der Waals surface area contributed by atoms with Gasteiger partial charge in [0.25, 0.3) is 0 Å². The number of Topliss-reactive ketones (excluding diaryl/α,β-unsaturated/α-hetero) is 1. The summed E-state index contributed by atoms with van der Waals surface area (Å²) >= 11 is 2.37. The molecule has 276 valence electrons. The van der Waals surface area contributed by atoms with Crippen LogP contribution in [-0.2, 0) is 37.1 Å². The van der Waals surface area contributed by atoms with Crippen molar-refractivity contribution in [3.05, 3.63) is 70.9 Å². The topological polar surface area (TPSA) is 250 Å². The van der Waals surface area contributed by atoms with Gasteiger partial charge in [0.1, 0.15) is 17.7 Å². The minimum absolute atomic E-state index is 0.0287. The van der Waals surface area contributed by atoms with E-state index >= 15 is 0 Å². The van der Waals surface area contributed by atoms with Crippen LogP contribution in [0.2, 0.25) is 0 Å². The molecule has 4 aromatic rings. The largest absolute Gasteiger partial charge is 0.543 e. The minimum Gasteiger partial charge on any atom is -0.543 e. The summed E-state index contributed by atoms with van der Waals surface area (Å²) in [5, 5.41) is 35.6. The molecule has 0 radical (unpaired) electrons. The van der Waals surface area contributed by atoms with Crippen molar-refractivity contribution in [2.75, 3.05) is 25.6 Å². The van der Waals surface area contributed by atoms with Gasteiger partial charge in [0.15, 0.2) is 41.4 Å². The second kappa shape index (κ2) is 14.6. The van der Waals surface area contributed by atoms with Crippen molar-refractivity contribution in [2.45, 2.75) is 44.3 Å². The van der Waals surface area contributed by atoms with Gasteiger partial charge in [-0.15, -0.1) is 23.1 Å². The van der Waals surface area contributed by atoms with Crippen LogP contribution >= 0.6 is 23.1 Å². The van der Waals surface area contributed by atoms with Crippen LogP contribution in [-0.4, -0.2) is 102 Å². The summed E-state index contributed by atoms with van der Waals surface area (Å²) in [5.74, 6) is -4.29. The molecule has 18 nitrogen and oxygen atoms in total. The van der Waals surface area contributed by atoms with E-state index in [9.17, 15) is 29.4 Å². The number of aliphatic carboxylic acids is 2. The first-order valence-electron chi connectivity index (χ1n) is 16.0. The molecule has 0 unspecified atom stereocenters. The average Bonchev–Trinajstić information content (AvgIpc) is 3.86. The number of β-lactam (4-membered cyclic amide) rings is 1. The number of anilines is 1. The molecule has 2 atom stereocenters. The summed E-state index contributed by atoms with van der Waals surface area (Å²) in [6.07, 6.45) is 8.05. The monoisotopic (exact) mass is 762 g/mol. The zero-order chi connectivity index (χ0) is 38.2. The van der Waals surface area contributed by atoms with E-state index in [0.29, 0.717) is 23.7 Å². The molecule has 1 amide bonds. The minimum atomic E-state index is -1.76. The molecule has 1 fully saturated rings. The maximum atomic E-state index is 13.5. The molecular formula is C33H34N10O8S2. The van der Waals surface area contributed by atoms with E-state index in [4.69, 9.17) is 20.4 Å². The predicted molar refractivity (Wildman–Crippen MR) is 191 cm³/mol. The summed E-state index contributed by atoms with van der Waals surface area (Å²) in [4.78, 5) is 71.4. The summed E-state index contributed by atoms with van der Waals surface area (Å²) < 4.78 is 9.31. The number of thiazole rings is 1. The van der Waals surface area contributed by atoms with E-state index < -0.39 is 40.5 Å². The number of carbonyl (C=O) groups excluding carboxylic acids is 3. The molecular weight excluding hydrogens is 729 g/mol. The number of thioether (sulfide) groups is 1. The van der Waals surface area contributed by atoms with Gasteiger partial charge >= 0.3 is 5.97 Å². The number of nitrogens with two attached hydrogens (primary N) is 1. The molecule has 20 heteroatoms. The summed E-state index contributed by atoms with van der Waals surface area (Å²) in [7, 11) is 3.59. The van der Waals surface area contributed by atoms with Crippen LogP contribution in [0.1, 0.15) is 37.5 Å². The third kappa shape index (κ3) is 7.68. The number of ketones is 1. The van der Waals surface area contributed by atoms with Gasteiger partial charge < -0.3 is 39.5 Å². The molecule has 0 spiro atoms. The summed E-state index contributed by atoms with van der Waals surface area (Å²) in [6, 6.07) is 3.76. The van der Waals surface area contributed by atoms with Gasteiger partial charge in [-0.2, -0.15) is 0 Å². The SMILES string of the molecule is CN(C)C=NC(=N)c1coc(Cn2ccc3c[n+](CC4=C(C(=O)[O-])N5C(=O)[C@@H](CC(=O)/C(=N\OC(C)(C)C(=O)O)c6csc(N)n6)[C@H]5SC4)ccc32)n1. The van der Waals surface area contributed by atoms with Crippen LogP contribution in [0.25, 0.3) is 10.9 Å². The number of hydrogen-bond acceptors (Lipinski definition) is 14. The van der Waals surface area contributed by atoms with Gasteiger partial charge in [0, 0.05) is 49.5 Å². The lowest BCUT2D eigenvalue weighted by atomic mass is 9.89. The second-order valence-corrected chi connectivity index (χ2v) is 14.9. The number of nitrogen functional groups attached to an aromatic ring is 1. The van der Waals surface area contributed by atoms with E-state index in [0.717, 1.165) is 27.1 Å². The van der Waals surface area contributed by atoms with Crippen LogP contribution in [0, 0.1) is 11.3 Å². The van der Waals surface area contributed by atoms with Crippen LogP contribution in [0.15, 0.2) is 68.2 Å². The van der Waals surface area contributed by atoms with Crippen molar-refractivity contribution in [1.82, 2.24) is 24.3 Å². The standard InChI is InChI=1S/C33H34N10O8S2/c1-33(2,31(48)49)51-39-25(21-15-53-32(35)38-21)23(44)9-19-28(45)43-26(30(46)47)18(14-52-29(19)43)11-41-7-6-22-17(10-41)5-8-42(22)12-24-37-20(13-50-24)27(34)36-16-40(3)4/h5-8,10,13,15-16,19,29,34H,9,11-12,14H2,1-4H3,(H3-,35,38,46,47,48,49)/b34-27?,36-16?,39-25-/t19-,29-/m1/s1. The number of amides is 1. The lowest BCUT2D eigenvalue weighted by molar-refractivity contribution is -0.687. The molecule has 0 saturated carbocycles. The molecule has 2 aliphatic rings. The molecule has 0 aliphatic carbocycles. The molecule has 53 heavy (non-hydrogen) atoms. The highest BCUT2D eigenvalue weighted by Crippen LogP contribution is 2.45. The Kier molecular flexibility index (Phi) is 10.2. The third-order valence-corrected chi connectivity index (χ3v) is 10.4. The van der Waals surface area contributed by atoms with Crippen molar-refractivity contribution in [3.8, 4) is 0 Å². The number of oxazole rings is 1. The zero-order valence-corrected chi connectivity index (χ0v) is 30.5. The Hall–Kier alpha value is -5.89. The number of aliphatic imine (C=N–C) groups is 1. The number of carboxylic acids is 2. The highest BCUT2D eigenvalue weighted by atomic mass is 32.2. The predicted octanol–water partition coefficient (Wildman–Crippen LogP) is 0.698. The number of fused-ring (bicyclic) bond motifs is 2. The quantitative estimate of drug-likeness (QED) is 0.0527. The fourth-order valence-electron chi connectivity index (χ4n) is 5.58. The van der Waals surface area contributed by atoms with E-state index in [1.165, 1.54) is 43.6 Å². The van der Waals surface area contributed by atoms with Gasteiger partial charge in [-0.3, -0.25) is 19.9 Å². The number of amidine groups is 1. The Morgan fingerprint density at radius 3 is 2.74 bits per heavy atom. The molecule has 4 aromatic heterocycles. The van der Waals surface area contributed by atoms with Crippen molar-refractivity contribution < 1.29 is 43.2 Å². The smallest absolute Gasteiger partial charge is 0.350 e. The lowest BCUT2D eigenvalue weighted by Gasteiger charge is -2.50. The summed E-state index contributed by atoms with van der Waals surface area (Å²) in [6.45, 7) is 2.98. The van der Waals surface area contributed by atoms with E-state index in [1.807, 2.05) is 33.7 Å². The van der Waals surface area contributed by atoms with Crippen LogP contribution < -0.4 is 15.4 Å². The molecule has 1 saturated heterocycles. The summed E-state index contributed by atoms with van der Waals surface area (Å²) in [5.41, 5.74) is 5.14. The zero-order valence-electron chi connectivity index (χ0n) is 28.9. The van der Waals surface area contributed by atoms with Gasteiger partial charge in [-0.05, 0) is 19.9 Å². The molecule has 0 aromatic carbocycles. The number of oxime groups is 1. The van der Waals surface area contributed by atoms with Crippen molar-refractivity contribution >= 4 is 80.6 Å². The van der Waals surface area contributed by atoms with Crippen molar-refractivity contribution in [3.63, 3.8) is 0 Å². The Bertz CT molecular complexity index is 2230. The van der Waals surface area contributed by atoms with Crippen LogP contribution in [0.5, 0.6) is 0 Å². The van der Waals surface area contributed by atoms with Crippen LogP contribution in [0.3, 0.4) is 0 Å². The first kappa shape index (κ1) is 36.9. The number of aromatic nitrogens is 4. The van der Waals surface area contributed by atoms with Gasteiger partial charge in [0.05, 0.1) is 46.7 Å². The Morgan fingerprint density at radius 1 is 1.28 bits per heavy atom. The fraction of sp³-hybridized carbons (Fsp3) is 0.333. The maximum Gasteiger partial charge on any atom is 0.350 e. The highest BCUT2D eigenvalue weighted by molar-refractivity contribution is 8.00. The molecule has 2 aliphatic heterocycles. The van der Waals surface area contributed by atoms with E-state index in [2.05, 4.69) is 20.1 Å². The number of rotatable bonds is 14. The number of nitrogens with one attached hydrogen (secondary N) is 1. The molecule has 6 heterocycles. The van der Waals surface area contributed by atoms with Crippen molar-refractivity contribution in [2.24, 2.45) is 16.1 Å². The maximum absolute atomic E-state index is 13.5. The number of hydrogen-bond donors (Lipinski definition) is 3.